The average molecular weight is 590 g/mol. The molecule has 0 saturated heterocycles. The third kappa shape index (κ3) is 4.37. The number of alkyl halides is 5. The largest absolute Gasteiger partial charge is 0.456 e. The summed E-state index contributed by atoms with van der Waals surface area (Å²) < 4.78 is 71.7. The summed E-state index contributed by atoms with van der Waals surface area (Å²) in [5, 5.41) is 14.3. The van der Waals surface area contributed by atoms with Crippen molar-refractivity contribution in [2.45, 2.75) is 82.4 Å². The summed E-state index contributed by atoms with van der Waals surface area (Å²) in [6, 6.07) is 7.63. The van der Waals surface area contributed by atoms with Crippen LogP contribution in [0.1, 0.15) is 79.6 Å². The maximum Gasteiger partial charge on any atom is 0.456 e. The molecule has 1 aromatic heterocycles. The maximum absolute atomic E-state index is 15.2. The molecule has 0 radical (unpaired) electrons. The summed E-state index contributed by atoms with van der Waals surface area (Å²) in [6.07, 6.45) is 1.12. The van der Waals surface area contributed by atoms with Crippen molar-refractivity contribution in [3.63, 3.8) is 0 Å². The molecule has 1 N–H and O–H groups in total. The molecule has 2 fully saturated rings. The molecular weight excluding hydrogens is 557 g/mol. The first-order valence-corrected chi connectivity index (χ1v) is 15.0. The standard InChI is InChI=1S/C32H32F5NO2S/c1-18-38-22(17-41-18)8-6-19-4-3-5-20(14-19)26-16-29(2)27(12-13-30(29,40)31(33,34)32(35,36)37)25-10-7-21-15-23(39)9-11-24(21)28(25)26/h3-6,8,14-15,17,25-27,40H,7,9-13,16H2,1-2H3/t25-,26+,27-,29-,30-/m0/s1. The van der Waals surface area contributed by atoms with Gasteiger partial charge in [-0.05, 0) is 91.7 Å². The van der Waals surface area contributed by atoms with Crippen LogP contribution < -0.4 is 0 Å². The van der Waals surface area contributed by atoms with Crippen molar-refractivity contribution in [3.05, 3.63) is 74.3 Å². The quantitative estimate of drug-likeness (QED) is 0.364. The first kappa shape index (κ1) is 28.5. The van der Waals surface area contributed by atoms with Gasteiger partial charge in [0.05, 0.1) is 10.7 Å². The zero-order valence-electron chi connectivity index (χ0n) is 22.9. The molecule has 2 saturated carbocycles. The number of ketones is 1. The molecule has 1 aromatic carbocycles. The zero-order chi connectivity index (χ0) is 29.4. The van der Waals surface area contributed by atoms with E-state index in [9.17, 15) is 23.1 Å². The Balaban J connectivity index is 1.48. The molecule has 6 rings (SSSR count). The number of hydrogen-bond acceptors (Lipinski definition) is 4. The van der Waals surface area contributed by atoms with Crippen LogP contribution in [0.3, 0.4) is 0 Å². The number of nitrogens with zero attached hydrogens (tertiary/aromatic N) is 1. The molecule has 1 heterocycles. The number of aryl methyl sites for hydroxylation is 1. The molecule has 0 spiro atoms. The number of aliphatic hydroxyl groups is 1. The summed E-state index contributed by atoms with van der Waals surface area (Å²) in [6.45, 7) is 3.37. The minimum Gasteiger partial charge on any atom is -0.383 e. The van der Waals surface area contributed by atoms with Crippen molar-refractivity contribution >= 4 is 29.3 Å². The van der Waals surface area contributed by atoms with Gasteiger partial charge in [0.1, 0.15) is 5.60 Å². The topological polar surface area (TPSA) is 50.2 Å². The van der Waals surface area contributed by atoms with E-state index in [1.54, 1.807) is 6.08 Å². The molecule has 2 aromatic rings. The second-order valence-electron chi connectivity index (χ2n) is 12.3. The van der Waals surface area contributed by atoms with E-state index < -0.39 is 41.4 Å². The molecule has 9 heteroatoms. The van der Waals surface area contributed by atoms with Gasteiger partial charge >= 0.3 is 12.1 Å². The predicted octanol–water partition coefficient (Wildman–Crippen LogP) is 8.45. The normalized spacial score (nSPS) is 32.1. The Morgan fingerprint density at radius 3 is 2.59 bits per heavy atom. The van der Waals surface area contributed by atoms with Gasteiger partial charge < -0.3 is 5.11 Å². The van der Waals surface area contributed by atoms with Crippen molar-refractivity contribution in [1.82, 2.24) is 4.98 Å². The Kier molecular flexibility index (Phi) is 6.73. The first-order chi connectivity index (χ1) is 19.2. The molecule has 4 aliphatic carbocycles. The lowest BCUT2D eigenvalue weighted by Crippen LogP contribution is -2.65. The van der Waals surface area contributed by atoms with Gasteiger partial charge in [0.25, 0.3) is 0 Å². The van der Waals surface area contributed by atoms with Crippen LogP contribution in [0.2, 0.25) is 0 Å². The van der Waals surface area contributed by atoms with Gasteiger partial charge in [-0.2, -0.15) is 22.0 Å². The van der Waals surface area contributed by atoms with E-state index in [1.807, 2.05) is 48.7 Å². The van der Waals surface area contributed by atoms with Crippen LogP contribution in [0.15, 0.2) is 52.4 Å². The Hall–Kier alpha value is -2.65. The number of carbonyl (C=O) groups is 1. The summed E-state index contributed by atoms with van der Waals surface area (Å²) >= 11 is 1.54. The lowest BCUT2D eigenvalue weighted by Gasteiger charge is -2.56. The lowest BCUT2D eigenvalue weighted by atomic mass is 9.50. The van der Waals surface area contributed by atoms with Gasteiger partial charge in [0.15, 0.2) is 5.78 Å². The van der Waals surface area contributed by atoms with E-state index in [4.69, 9.17) is 0 Å². The monoisotopic (exact) mass is 589 g/mol. The van der Waals surface area contributed by atoms with Gasteiger partial charge in [0.2, 0.25) is 0 Å². The fourth-order valence-electron chi connectivity index (χ4n) is 8.23. The number of thiazole rings is 1. The second kappa shape index (κ2) is 9.69. The Morgan fingerprint density at radius 2 is 1.88 bits per heavy atom. The number of fused-ring (bicyclic) bond motifs is 4. The van der Waals surface area contributed by atoms with Crippen molar-refractivity contribution < 1.29 is 31.9 Å². The Labute approximate surface area is 239 Å². The maximum atomic E-state index is 15.2. The first-order valence-electron chi connectivity index (χ1n) is 14.1. The van der Waals surface area contributed by atoms with Gasteiger partial charge in [-0.15, -0.1) is 11.3 Å². The fraction of sp³-hybridized carbons (Fsp3) is 0.500. The minimum absolute atomic E-state index is 0.0329. The van der Waals surface area contributed by atoms with Crippen LogP contribution in [-0.2, 0) is 4.79 Å². The third-order valence-electron chi connectivity index (χ3n) is 10.2. The minimum atomic E-state index is -5.86. The number of hydrogen-bond donors (Lipinski definition) is 1. The van der Waals surface area contributed by atoms with Crippen molar-refractivity contribution in [1.29, 1.82) is 0 Å². The van der Waals surface area contributed by atoms with Gasteiger partial charge in [-0.1, -0.05) is 42.8 Å². The summed E-state index contributed by atoms with van der Waals surface area (Å²) in [5.74, 6) is -6.41. The second-order valence-corrected chi connectivity index (χ2v) is 13.3. The predicted molar refractivity (Wildman–Crippen MR) is 148 cm³/mol. The molecule has 5 atom stereocenters. The van der Waals surface area contributed by atoms with E-state index in [-0.39, 0.29) is 24.5 Å². The number of benzene rings is 1. The van der Waals surface area contributed by atoms with Crippen molar-refractivity contribution in [2.75, 3.05) is 0 Å². The number of aromatic nitrogens is 1. The number of rotatable bonds is 4. The SMILES string of the molecule is Cc1nc(C=Cc2cccc([C@H]3C[C@@]4(C)[C@@H](CC[C@@]4(O)C(F)(F)C(F)(F)F)[C@@H]4CCC5=CC(=O)CCC5=C43)c2)cs1. The van der Waals surface area contributed by atoms with E-state index >= 15 is 8.78 Å². The fourth-order valence-corrected chi connectivity index (χ4v) is 8.81. The smallest absolute Gasteiger partial charge is 0.383 e. The Morgan fingerprint density at radius 1 is 1.10 bits per heavy atom. The van der Waals surface area contributed by atoms with Gasteiger partial charge in [-0.25, -0.2) is 4.98 Å². The molecular formula is C32H32F5NO2S. The van der Waals surface area contributed by atoms with Gasteiger partial charge in [0, 0.05) is 23.1 Å². The summed E-state index contributed by atoms with van der Waals surface area (Å²) in [4.78, 5) is 16.7. The van der Waals surface area contributed by atoms with Crippen LogP contribution in [-0.4, -0.2) is 33.6 Å². The Bertz CT molecular complexity index is 1490. The molecule has 3 nitrogen and oxygen atoms in total. The lowest BCUT2D eigenvalue weighted by molar-refractivity contribution is -0.362. The van der Waals surface area contributed by atoms with Crippen molar-refractivity contribution in [2.24, 2.45) is 17.3 Å². The molecule has 0 unspecified atom stereocenters. The summed E-state index contributed by atoms with van der Waals surface area (Å²) in [5.41, 5.74) is 0.696. The highest BCUT2D eigenvalue weighted by atomic mass is 32.1. The van der Waals surface area contributed by atoms with E-state index in [2.05, 4.69) is 4.98 Å². The molecule has 0 aliphatic heterocycles. The highest BCUT2D eigenvalue weighted by Crippen LogP contribution is 2.70. The van der Waals surface area contributed by atoms with Crippen LogP contribution in [0.5, 0.6) is 0 Å². The zero-order valence-corrected chi connectivity index (χ0v) is 23.7. The molecule has 41 heavy (non-hydrogen) atoms. The van der Waals surface area contributed by atoms with Crippen LogP contribution >= 0.6 is 11.3 Å². The average Bonchev–Trinajstić information content (AvgIpc) is 3.46. The summed E-state index contributed by atoms with van der Waals surface area (Å²) in [7, 11) is 0. The highest BCUT2D eigenvalue weighted by molar-refractivity contribution is 7.09. The van der Waals surface area contributed by atoms with E-state index in [0.717, 1.165) is 38.5 Å². The highest BCUT2D eigenvalue weighted by Gasteiger charge is 2.79. The molecule has 4 aliphatic rings. The molecule has 0 bridgehead atoms. The molecule has 0 amide bonds. The van der Waals surface area contributed by atoms with Crippen LogP contribution in [0.25, 0.3) is 12.2 Å². The van der Waals surface area contributed by atoms with Crippen LogP contribution in [0.4, 0.5) is 22.0 Å². The van der Waals surface area contributed by atoms with Crippen molar-refractivity contribution in [3.8, 4) is 0 Å². The third-order valence-corrected chi connectivity index (χ3v) is 11.0. The molecule has 218 valence electrons. The number of allylic oxidation sites excluding steroid dienone is 4. The van der Waals surface area contributed by atoms with E-state index in [1.165, 1.54) is 18.3 Å². The van der Waals surface area contributed by atoms with Crippen LogP contribution in [0, 0.1) is 24.2 Å². The number of halogens is 5. The number of carbonyl (C=O) groups excluding carboxylic acids is 1. The van der Waals surface area contributed by atoms with Gasteiger partial charge in [-0.3, -0.25) is 4.79 Å². The van der Waals surface area contributed by atoms with E-state index in [0.29, 0.717) is 25.7 Å².